The quantitative estimate of drug-likeness (QED) is 0.498. The van der Waals surface area contributed by atoms with Crippen LogP contribution in [0, 0.1) is 0 Å². The molecule has 2 unspecified atom stereocenters. The molecule has 0 saturated heterocycles. The number of ether oxygens (including phenoxy) is 3. The third-order valence-corrected chi connectivity index (χ3v) is 1.65. The fourth-order valence-electron chi connectivity index (χ4n) is 1.07. The summed E-state index contributed by atoms with van der Waals surface area (Å²) in [7, 11) is 2.95. The van der Waals surface area contributed by atoms with E-state index in [0.29, 0.717) is 0 Å². The highest BCUT2D eigenvalue weighted by Gasteiger charge is 2.36. The molecule has 1 N–H and O–H groups in total. The van der Waals surface area contributed by atoms with E-state index >= 15 is 0 Å². The van der Waals surface area contributed by atoms with Crippen molar-refractivity contribution in [1.29, 1.82) is 0 Å². The zero-order valence-corrected chi connectivity index (χ0v) is 7.87. The van der Waals surface area contributed by atoms with E-state index in [1.807, 2.05) is 0 Å². The van der Waals surface area contributed by atoms with Gasteiger partial charge < -0.3 is 14.8 Å². The van der Waals surface area contributed by atoms with E-state index in [1.54, 1.807) is 12.2 Å². The molecule has 5 nitrogen and oxygen atoms in total. The van der Waals surface area contributed by atoms with Gasteiger partial charge in [0.25, 0.3) is 5.91 Å². The Morgan fingerprint density at radius 3 is 2.69 bits per heavy atom. The average Bonchev–Trinajstić information content (AvgIpc) is 2.48. The van der Waals surface area contributed by atoms with Gasteiger partial charge in [0.15, 0.2) is 6.29 Å². The highest BCUT2D eigenvalue weighted by atomic mass is 16.8. The van der Waals surface area contributed by atoms with E-state index in [1.165, 1.54) is 21.1 Å². The van der Waals surface area contributed by atoms with E-state index in [4.69, 9.17) is 14.2 Å². The van der Waals surface area contributed by atoms with Crippen LogP contribution in [0.3, 0.4) is 0 Å². The molecule has 0 aromatic rings. The van der Waals surface area contributed by atoms with Crippen LogP contribution in [0.4, 0.5) is 0 Å². The summed E-state index contributed by atoms with van der Waals surface area (Å²) in [6.07, 6.45) is 2.79. The lowest BCUT2D eigenvalue weighted by atomic mass is 10.4. The monoisotopic (exact) mass is 187 g/mol. The van der Waals surface area contributed by atoms with Gasteiger partial charge in [-0.1, -0.05) is 0 Å². The Labute approximate surface area is 76.7 Å². The molecule has 13 heavy (non-hydrogen) atoms. The Kier molecular flexibility index (Phi) is 3.02. The van der Waals surface area contributed by atoms with Crippen LogP contribution in [0.5, 0.6) is 0 Å². The van der Waals surface area contributed by atoms with Crippen LogP contribution in [-0.4, -0.2) is 32.3 Å². The molecule has 2 atom stereocenters. The van der Waals surface area contributed by atoms with E-state index in [9.17, 15) is 4.79 Å². The molecule has 0 aromatic heterocycles. The minimum Gasteiger partial charge on any atom is -0.352 e. The molecule has 1 heterocycles. The molecule has 0 radical (unpaired) electrons. The number of nitrogens with one attached hydrogen (secondary N) is 1. The summed E-state index contributed by atoms with van der Waals surface area (Å²) in [4.78, 5) is 10.8. The molecule has 0 aromatic carbocycles. The van der Waals surface area contributed by atoms with Crippen LogP contribution < -0.4 is 5.32 Å². The molecule has 1 aliphatic rings. The van der Waals surface area contributed by atoms with Gasteiger partial charge in [-0.2, -0.15) is 0 Å². The van der Waals surface area contributed by atoms with E-state index in [-0.39, 0.29) is 5.91 Å². The first-order valence-electron chi connectivity index (χ1n) is 3.86. The number of hydrogen-bond acceptors (Lipinski definition) is 4. The highest BCUT2D eigenvalue weighted by Crippen LogP contribution is 2.21. The highest BCUT2D eigenvalue weighted by molar-refractivity contribution is 5.73. The number of carbonyl (C=O) groups excluding carboxylic acids is 1. The molecule has 0 fully saturated rings. The summed E-state index contributed by atoms with van der Waals surface area (Å²) in [6.45, 7) is 1.39. The molecule has 0 bridgehead atoms. The number of carbonyl (C=O) groups is 1. The zero-order valence-electron chi connectivity index (χ0n) is 7.87. The van der Waals surface area contributed by atoms with Gasteiger partial charge in [0.2, 0.25) is 5.91 Å². The molecule has 5 heteroatoms. The average molecular weight is 187 g/mol. The lowest BCUT2D eigenvalue weighted by Crippen LogP contribution is -2.49. The second kappa shape index (κ2) is 3.87. The van der Waals surface area contributed by atoms with Crippen LogP contribution in [0.2, 0.25) is 0 Å². The molecule has 1 aliphatic heterocycles. The van der Waals surface area contributed by atoms with Crippen molar-refractivity contribution in [2.45, 2.75) is 19.1 Å². The Morgan fingerprint density at radius 2 is 2.31 bits per heavy atom. The molecule has 1 rings (SSSR count). The normalized spacial score (nSPS) is 32.1. The van der Waals surface area contributed by atoms with Crippen molar-refractivity contribution in [3.8, 4) is 0 Å². The lowest BCUT2D eigenvalue weighted by Gasteiger charge is -2.26. The largest absolute Gasteiger partial charge is 0.352 e. The number of methoxy groups -OCH3 is 2. The van der Waals surface area contributed by atoms with E-state index in [2.05, 4.69) is 5.32 Å². The van der Waals surface area contributed by atoms with Gasteiger partial charge in [-0.3, -0.25) is 9.53 Å². The van der Waals surface area contributed by atoms with Gasteiger partial charge in [0, 0.05) is 21.1 Å². The van der Waals surface area contributed by atoms with Crippen molar-refractivity contribution in [2.24, 2.45) is 0 Å². The standard InChI is InChI=1S/C8H13NO4/c1-6(10)9-8(12-3)5-4-7(11-2)13-8/h4-5,7H,1-3H3,(H,9,10). The van der Waals surface area contributed by atoms with Crippen molar-refractivity contribution in [3.63, 3.8) is 0 Å². The number of amides is 1. The van der Waals surface area contributed by atoms with Crippen LogP contribution in [0.15, 0.2) is 12.2 Å². The van der Waals surface area contributed by atoms with Gasteiger partial charge in [-0.25, -0.2) is 0 Å². The minimum absolute atomic E-state index is 0.233. The predicted octanol–water partition coefficient (Wildman–Crippen LogP) is -0.0184. The van der Waals surface area contributed by atoms with E-state index < -0.39 is 12.2 Å². The maximum atomic E-state index is 10.8. The summed E-state index contributed by atoms with van der Waals surface area (Å²) in [6, 6.07) is 0. The fourth-order valence-corrected chi connectivity index (χ4v) is 1.07. The second-order valence-corrected chi connectivity index (χ2v) is 2.63. The third-order valence-electron chi connectivity index (χ3n) is 1.65. The Morgan fingerprint density at radius 1 is 1.62 bits per heavy atom. The zero-order chi connectivity index (χ0) is 9.90. The summed E-state index contributed by atoms with van der Waals surface area (Å²) < 4.78 is 15.2. The Hall–Kier alpha value is -0.910. The summed E-state index contributed by atoms with van der Waals surface area (Å²) in [5.41, 5.74) is 0. The summed E-state index contributed by atoms with van der Waals surface area (Å²) in [5, 5.41) is 2.52. The molecular weight excluding hydrogens is 174 g/mol. The smallest absolute Gasteiger partial charge is 0.275 e. The van der Waals surface area contributed by atoms with Gasteiger partial charge in [-0.15, -0.1) is 0 Å². The molecule has 0 spiro atoms. The molecule has 1 amide bonds. The van der Waals surface area contributed by atoms with Gasteiger partial charge >= 0.3 is 0 Å². The second-order valence-electron chi connectivity index (χ2n) is 2.63. The van der Waals surface area contributed by atoms with Crippen molar-refractivity contribution >= 4 is 5.91 Å². The summed E-state index contributed by atoms with van der Waals surface area (Å²) >= 11 is 0. The Bertz CT molecular complexity index is 228. The van der Waals surface area contributed by atoms with Gasteiger partial charge in [0.05, 0.1) is 0 Å². The van der Waals surface area contributed by atoms with Crippen molar-refractivity contribution < 1.29 is 19.0 Å². The predicted molar refractivity (Wildman–Crippen MR) is 44.6 cm³/mol. The first kappa shape index (κ1) is 10.2. The van der Waals surface area contributed by atoms with Crippen LogP contribution in [0.25, 0.3) is 0 Å². The third kappa shape index (κ3) is 2.27. The van der Waals surface area contributed by atoms with Gasteiger partial charge in [-0.05, 0) is 12.2 Å². The first-order valence-corrected chi connectivity index (χ1v) is 3.86. The topological polar surface area (TPSA) is 56.8 Å². The number of rotatable bonds is 3. The number of hydrogen-bond donors (Lipinski definition) is 1. The van der Waals surface area contributed by atoms with Crippen molar-refractivity contribution in [3.05, 3.63) is 12.2 Å². The lowest BCUT2D eigenvalue weighted by molar-refractivity contribution is -0.254. The molecule has 0 aliphatic carbocycles. The first-order chi connectivity index (χ1) is 6.12. The van der Waals surface area contributed by atoms with E-state index in [0.717, 1.165) is 0 Å². The molecule has 74 valence electrons. The fraction of sp³-hybridized carbons (Fsp3) is 0.625. The minimum atomic E-state index is -1.17. The van der Waals surface area contributed by atoms with Crippen LogP contribution in [-0.2, 0) is 19.0 Å². The summed E-state index contributed by atoms with van der Waals surface area (Å²) in [5.74, 6) is -1.41. The van der Waals surface area contributed by atoms with Gasteiger partial charge in [0.1, 0.15) is 0 Å². The van der Waals surface area contributed by atoms with Crippen molar-refractivity contribution in [1.82, 2.24) is 5.32 Å². The van der Waals surface area contributed by atoms with Crippen molar-refractivity contribution in [2.75, 3.05) is 14.2 Å². The maximum Gasteiger partial charge on any atom is 0.275 e. The maximum absolute atomic E-state index is 10.8. The van der Waals surface area contributed by atoms with Crippen LogP contribution in [0.1, 0.15) is 6.92 Å². The SMILES string of the molecule is COC1C=CC(NC(C)=O)(OC)O1. The van der Waals surface area contributed by atoms with Crippen LogP contribution >= 0.6 is 0 Å². The molecular formula is C8H13NO4. The Balaban J connectivity index is 2.64. The molecule has 0 saturated carbocycles.